The molecule has 1 aromatic carbocycles. The zero-order valence-electron chi connectivity index (χ0n) is 13.7. The number of carbonyl (C=O) groups excluding carboxylic acids is 1. The third-order valence-electron chi connectivity index (χ3n) is 4.26. The fourth-order valence-corrected chi connectivity index (χ4v) is 2.47. The Morgan fingerprint density at radius 2 is 2.14 bits per heavy atom. The molecule has 2 unspecified atom stereocenters. The van der Waals surface area contributed by atoms with Crippen LogP contribution in [0.5, 0.6) is 0 Å². The van der Waals surface area contributed by atoms with Gasteiger partial charge in [0, 0.05) is 20.0 Å². The Kier molecular flexibility index (Phi) is 5.55. The minimum atomic E-state index is -0.402. The Hall–Kier alpha value is -1.88. The van der Waals surface area contributed by atoms with E-state index in [1.54, 1.807) is 4.90 Å². The molecule has 5 heteroatoms. The number of nitrogens with zero attached hydrogens (tertiary/aromatic N) is 2. The summed E-state index contributed by atoms with van der Waals surface area (Å²) in [5.41, 5.74) is 8.04. The highest BCUT2D eigenvalue weighted by Gasteiger charge is 2.22. The van der Waals surface area contributed by atoms with Gasteiger partial charge in [0.2, 0.25) is 5.91 Å². The molecule has 0 bridgehead atoms. The predicted molar refractivity (Wildman–Crippen MR) is 89.5 cm³/mol. The molecule has 0 spiro atoms. The minimum absolute atomic E-state index is 0.0268. The number of rotatable bonds is 7. The van der Waals surface area contributed by atoms with Crippen molar-refractivity contribution >= 4 is 16.9 Å². The van der Waals surface area contributed by atoms with Gasteiger partial charge >= 0.3 is 0 Å². The number of aromatic amines is 1. The standard InChI is InChI=1S/C17H26N4O/c1-4-12(2)16(18)17(22)21(3)11-7-10-15-19-13-8-5-6-9-14(13)20-15/h5-6,8-9,12,16H,4,7,10-11,18H2,1-3H3,(H,19,20). The van der Waals surface area contributed by atoms with Gasteiger partial charge < -0.3 is 15.6 Å². The van der Waals surface area contributed by atoms with E-state index in [9.17, 15) is 4.79 Å². The maximum Gasteiger partial charge on any atom is 0.239 e. The first-order chi connectivity index (χ1) is 10.5. The van der Waals surface area contributed by atoms with Gasteiger partial charge in [-0.1, -0.05) is 32.4 Å². The molecule has 1 heterocycles. The number of H-pyrrole nitrogens is 1. The van der Waals surface area contributed by atoms with Gasteiger partial charge in [0.15, 0.2) is 0 Å². The number of para-hydroxylation sites is 2. The highest BCUT2D eigenvalue weighted by atomic mass is 16.2. The van der Waals surface area contributed by atoms with Crippen LogP contribution in [0.1, 0.15) is 32.5 Å². The summed E-state index contributed by atoms with van der Waals surface area (Å²) < 4.78 is 0. The molecule has 0 saturated carbocycles. The normalized spacial score (nSPS) is 14.0. The zero-order chi connectivity index (χ0) is 16.1. The molecule has 1 aromatic heterocycles. The van der Waals surface area contributed by atoms with Gasteiger partial charge in [-0.05, 0) is 24.5 Å². The lowest BCUT2D eigenvalue weighted by atomic mass is 9.99. The topological polar surface area (TPSA) is 75.0 Å². The molecule has 2 rings (SSSR count). The Labute approximate surface area is 131 Å². The van der Waals surface area contributed by atoms with Crippen LogP contribution < -0.4 is 5.73 Å². The van der Waals surface area contributed by atoms with E-state index in [0.29, 0.717) is 6.54 Å². The number of fused-ring (bicyclic) bond motifs is 1. The number of amides is 1. The van der Waals surface area contributed by atoms with Crippen LogP contribution in [-0.4, -0.2) is 40.4 Å². The third kappa shape index (κ3) is 3.85. The Morgan fingerprint density at radius 3 is 2.82 bits per heavy atom. The number of aromatic nitrogens is 2. The Bertz CT molecular complexity index is 589. The van der Waals surface area contributed by atoms with E-state index >= 15 is 0 Å². The number of likely N-dealkylation sites (N-methyl/N-ethyl adjacent to an activating group) is 1. The zero-order valence-corrected chi connectivity index (χ0v) is 13.7. The van der Waals surface area contributed by atoms with Crippen molar-refractivity contribution in [3.8, 4) is 0 Å². The van der Waals surface area contributed by atoms with E-state index in [4.69, 9.17) is 5.73 Å². The lowest BCUT2D eigenvalue weighted by Crippen LogP contribution is -2.45. The molecule has 2 atom stereocenters. The van der Waals surface area contributed by atoms with Crippen molar-refractivity contribution in [2.45, 2.75) is 39.2 Å². The third-order valence-corrected chi connectivity index (χ3v) is 4.26. The summed E-state index contributed by atoms with van der Waals surface area (Å²) in [6.07, 6.45) is 2.61. The van der Waals surface area contributed by atoms with Gasteiger partial charge in [-0.2, -0.15) is 0 Å². The Balaban J connectivity index is 1.83. The summed E-state index contributed by atoms with van der Waals surface area (Å²) in [6.45, 7) is 4.77. The molecule has 5 nitrogen and oxygen atoms in total. The summed E-state index contributed by atoms with van der Waals surface area (Å²) >= 11 is 0. The van der Waals surface area contributed by atoms with Crippen LogP contribution in [0.25, 0.3) is 11.0 Å². The monoisotopic (exact) mass is 302 g/mol. The maximum atomic E-state index is 12.2. The molecule has 0 aliphatic carbocycles. The van der Waals surface area contributed by atoms with Crippen LogP contribution >= 0.6 is 0 Å². The maximum absolute atomic E-state index is 12.2. The number of hydrogen-bond donors (Lipinski definition) is 2. The van der Waals surface area contributed by atoms with Crippen LogP contribution in [0, 0.1) is 5.92 Å². The molecule has 22 heavy (non-hydrogen) atoms. The van der Waals surface area contributed by atoms with Crippen molar-refractivity contribution in [2.75, 3.05) is 13.6 Å². The van der Waals surface area contributed by atoms with Crippen LogP contribution in [0.15, 0.2) is 24.3 Å². The predicted octanol–water partition coefficient (Wildman–Crippen LogP) is 2.33. The molecular formula is C17H26N4O. The number of imidazole rings is 1. The van der Waals surface area contributed by atoms with Crippen LogP contribution in [-0.2, 0) is 11.2 Å². The van der Waals surface area contributed by atoms with Crippen molar-refractivity contribution in [1.82, 2.24) is 14.9 Å². The van der Waals surface area contributed by atoms with Gasteiger partial charge in [-0.25, -0.2) is 4.98 Å². The molecule has 0 saturated heterocycles. The average Bonchev–Trinajstić information content (AvgIpc) is 2.95. The van der Waals surface area contributed by atoms with E-state index in [-0.39, 0.29) is 11.8 Å². The molecule has 1 amide bonds. The molecular weight excluding hydrogens is 276 g/mol. The van der Waals surface area contributed by atoms with Crippen LogP contribution in [0.3, 0.4) is 0 Å². The molecule has 120 valence electrons. The van der Waals surface area contributed by atoms with Crippen LogP contribution in [0.4, 0.5) is 0 Å². The summed E-state index contributed by atoms with van der Waals surface area (Å²) in [7, 11) is 1.82. The first-order valence-corrected chi connectivity index (χ1v) is 7.97. The number of aryl methyl sites for hydroxylation is 1. The first kappa shape index (κ1) is 16.5. The molecule has 0 aliphatic heterocycles. The smallest absolute Gasteiger partial charge is 0.239 e. The van der Waals surface area contributed by atoms with Gasteiger partial charge in [0.25, 0.3) is 0 Å². The second kappa shape index (κ2) is 7.40. The summed E-state index contributed by atoms with van der Waals surface area (Å²) in [5, 5.41) is 0. The van der Waals surface area contributed by atoms with E-state index in [0.717, 1.165) is 36.1 Å². The van der Waals surface area contributed by atoms with E-state index < -0.39 is 6.04 Å². The molecule has 0 radical (unpaired) electrons. The Morgan fingerprint density at radius 1 is 1.41 bits per heavy atom. The molecule has 2 aromatic rings. The number of nitrogens with two attached hydrogens (primary N) is 1. The molecule has 0 fully saturated rings. The largest absolute Gasteiger partial charge is 0.344 e. The SMILES string of the molecule is CCC(C)C(N)C(=O)N(C)CCCc1nc2ccccc2[nH]1. The summed E-state index contributed by atoms with van der Waals surface area (Å²) in [4.78, 5) is 21.8. The van der Waals surface area contributed by atoms with Gasteiger partial charge in [-0.15, -0.1) is 0 Å². The molecule has 3 N–H and O–H groups in total. The van der Waals surface area contributed by atoms with Crippen molar-refractivity contribution in [2.24, 2.45) is 11.7 Å². The number of hydrogen-bond acceptors (Lipinski definition) is 3. The average molecular weight is 302 g/mol. The highest BCUT2D eigenvalue weighted by Crippen LogP contribution is 2.12. The van der Waals surface area contributed by atoms with E-state index in [1.807, 2.05) is 38.2 Å². The lowest BCUT2D eigenvalue weighted by Gasteiger charge is -2.24. The fraction of sp³-hybridized carbons (Fsp3) is 0.529. The first-order valence-electron chi connectivity index (χ1n) is 7.97. The van der Waals surface area contributed by atoms with Gasteiger partial charge in [0.1, 0.15) is 5.82 Å². The minimum Gasteiger partial charge on any atom is -0.344 e. The van der Waals surface area contributed by atoms with Crippen LogP contribution in [0.2, 0.25) is 0 Å². The quantitative estimate of drug-likeness (QED) is 0.824. The van der Waals surface area contributed by atoms with E-state index in [2.05, 4.69) is 16.9 Å². The number of nitrogens with one attached hydrogen (secondary N) is 1. The van der Waals surface area contributed by atoms with Gasteiger partial charge in [0.05, 0.1) is 17.1 Å². The lowest BCUT2D eigenvalue weighted by molar-refractivity contribution is -0.132. The second-order valence-electron chi connectivity index (χ2n) is 5.98. The second-order valence-corrected chi connectivity index (χ2v) is 5.98. The summed E-state index contributed by atoms with van der Waals surface area (Å²) in [6, 6.07) is 7.59. The fourth-order valence-electron chi connectivity index (χ4n) is 2.47. The van der Waals surface area contributed by atoms with E-state index in [1.165, 1.54) is 0 Å². The molecule has 0 aliphatic rings. The van der Waals surface area contributed by atoms with Crippen molar-refractivity contribution in [3.63, 3.8) is 0 Å². The summed E-state index contributed by atoms with van der Waals surface area (Å²) in [5.74, 6) is 1.21. The van der Waals surface area contributed by atoms with Crippen molar-refractivity contribution in [1.29, 1.82) is 0 Å². The van der Waals surface area contributed by atoms with Gasteiger partial charge in [-0.3, -0.25) is 4.79 Å². The van der Waals surface area contributed by atoms with Crippen molar-refractivity contribution < 1.29 is 4.79 Å². The highest BCUT2D eigenvalue weighted by molar-refractivity contribution is 5.81. The van der Waals surface area contributed by atoms with Crippen molar-refractivity contribution in [3.05, 3.63) is 30.1 Å². The number of carbonyl (C=O) groups is 1. The number of benzene rings is 1.